The molecular formula is C18H12Cl2F4NO3+. The summed E-state index contributed by atoms with van der Waals surface area (Å²) in [5.74, 6) is -2.14. The first kappa shape index (κ1) is 20.4. The maximum Gasteiger partial charge on any atom is 0.435 e. The summed E-state index contributed by atoms with van der Waals surface area (Å²) >= 11 is 10.4. The van der Waals surface area contributed by atoms with E-state index in [1.807, 2.05) is 0 Å². The number of nitrogens with zero attached hydrogens (tertiary/aromatic N) is 1. The number of benzene rings is 2. The minimum Gasteiger partial charge on any atom is -0.478 e. The predicted octanol–water partition coefficient (Wildman–Crippen LogP) is 4.76. The molecule has 1 unspecified atom stereocenters. The molecule has 0 bridgehead atoms. The SMILES string of the molecule is Cc1cc(C2=NOC(c3cc(Cl)c(F)c([ClH+])c3)(C(F)(F)F)C2)ccc1C(=O)O. The van der Waals surface area contributed by atoms with Gasteiger partial charge in [-0.05, 0) is 36.2 Å². The van der Waals surface area contributed by atoms with Crippen molar-refractivity contribution >= 4 is 23.3 Å². The minimum absolute atomic E-state index is 0.0198. The predicted molar refractivity (Wildman–Crippen MR) is 90.1 cm³/mol. The second kappa shape index (κ2) is 6.93. The van der Waals surface area contributed by atoms with E-state index in [1.165, 1.54) is 25.1 Å². The average molecular weight is 437 g/mol. The van der Waals surface area contributed by atoms with E-state index in [0.717, 1.165) is 12.1 Å². The van der Waals surface area contributed by atoms with Crippen LogP contribution in [0.25, 0.3) is 0 Å². The van der Waals surface area contributed by atoms with Gasteiger partial charge < -0.3 is 9.94 Å². The average Bonchev–Trinajstić information content (AvgIpc) is 3.05. The molecule has 1 aliphatic rings. The Balaban J connectivity index is 2.04. The Labute approximate surface area is 166 Å². The molecule has 0 fully saturated rings. The molecule has 1 N–H and O–H groups in total. The highest BCUT2D eigenvalue weighted by molar-refractivity contribution is 6.30. The normalized spacial score (nSPS) is 19.3. The first-order valence-corrected chi connectivity index (χ1v) is 8.57. The van der Waals surface area contributed by atoms with Gasteiger partial charge in [0.25, 0.3) is 10.6 Å². The van der Waals surface area contributed by atoms with E-state index in [4.69, 9.17) is 33.1 Å². The first-order valence-electron chi connectivity index (χ1n) is 7.79. The van der Waals surface area contributed by atoms with Gasteiger partial charge in [0.1, 0.15) is 0 Å². The molecule has 0 saturated carbocycles. The second-order valence-corrected chi connectivity index (χ2v) is 7.08. The van der Waals surface area contributed by atoms with Crippen molar-refractivity contribution in [1.29, 1.82) is 0 Å². The van der Waals surface area contributed by atoms with Crippen molar-refractivity contribution in [3.05, 3.63) is 68.4 Å². The zero-order chi connectivity index (χ0) is 20.9. The summed E-state index contributed by atoms with van der Waals surface area (Å²) in [6.07, 6.45) is -5.61. The number of carboxylic acids is 1. The second-order valence-electron chi connectivity index (χ2n) is 6.24. The van der Waals surface area contributed by atoms with Crippen LogP contribution in [0.2, 0.25) is 10.0 Å². The van der Waals surface area contributed by atoms with Crippen LogP contribution in [0.5, 0.6) is 0 Å². The lowest BCUT2D eigenvalue weighted by Gasteiger charge is -2.29. The molecule has 1 aliphatic heterocycles. The highest BCUT2D eigenvalue weighted by Gasteiger charge is 2.62. The van der Waals surface area contributed by atoms with Crippen molar-refractivity contribution in [3.63, 3.8) is 0 Å². The van der Waals surface area contributed by atoms with Crippen LogP contribution in [0.4, 0.5) is 17.6 Å². The molecule has 2 aromatic carbocycles. The first-order chi connectivity index (χ1) is 13.0. The van der Waals surface area contributed by atoms with Crippen LogP contribution in [0.15, 0.2) is 35.5 Å². The van der Waals surface area contributed by atoms with E-state index >= 15 is 0 Å². The van der Waals surface area contributed by atoms with Gasteiger partial charge in [0.2, 0.25) is 5.82 Å². The summed E-state index contributed by atoms with van der Waals surface area (Å²) in [4.78, 5) is 16.0. The van der Waals surface area contributed by atoms with Gasteiger partial charge in [-0.2, -0.15) is 17.6 Å². The molecule has 0 spiro atoms. The zero-order valence-corrected chi connectivity index (χ0v) is 15.7. The van der Waals surface area contributed by atoms with E-state index in [9.17, 15) is 22.4 Å². The van der Waals surface area contributed by atoms with Crippen LogP contribution in [0.1, 0.15) is 33.5 Å². The van der Waals surface area contributed by atoms with Gasteiger partial charge >= 0.3 is 12.1 Å². The van der Waals surface area contributed by atoms with Crippen molar-refractivity contribution in [2.24, 2.45) is 5.16 Å². The summed E-state index contributed by atoms with van der Waals surface area (Å²) < 4.78 is 55.5. The number of rotatable bonds is 3. The van der Waals surface area contributed by atoms with E-state index in [1.54, 1.807) is 0 Å². The monoisotopic (exact) mass is 436 g/mol. The third-order valence-electron chi connectivity index (χ3n) is 4.44. The minimum atomic E-state index is -4.91. The number of aryl methyl sites for hydroxylation is 1. The Bertz CT molecular complexity index is 984. The molecule has 148 valence electrons. The summed E-state index contributed by atoms with van der Waals surface area (Å²) in [5.41, 5.74) is -2.73. The number of hydrogen-bond acceptors (Lipinski definition) is 3. The largest absolute Gasteiger partial charge is 0.478 e. The Morgan fingerprint density at radius 2 is 2.00 bits per heavy atom. The van der Waals surface area contributed by atoms with Crippen molar-refractivity contribution in [3.8, 4) is 0 Å². The molecule has 0 aromatic heterocycles. The number of carbonyl (C=O) groups is 1. The van der Waals surface area contributed by atoms with Crippen molar-refractivity contribution in [2.75, 3.05) is 0 Å². The highest BCUT2D eigenvalue weighted by atomic mass is 35.5. The molecular weight excluding hydrogens is 425 g/mol. The number of alkyl halides is 3. The van der Waals surface area contributed by atoms with Crippen molar-refractivity contribution < 1.29 is 43.9 Å². The van der Waals surface area contributed by atoms with Gasteiger partial charge in [-0.1, -0.05) is 22.8 Å². The third kappa shape index (κ3) is 3.31. The van der Waals surface area contributed by atoms with Gasteiger partial charge in [0.15, 0.2) is 11.6 Å². The van der Waals surface area contributed by atoms with Crippen LogP contribution < -0.4 is 0 Å². The summed E-state index contributed by atoms with van der Waals surface area (Å²) in [6.45, 7) is 1.52. The van der Waals surface area contributed by atoms with Crippen LogP contribution in [0, 0.1) is 24.3 Å². The quantitative estimate of drug-likeness (QED) is 0.557. The van der Waals surface area contributed by atoms with Crippen LogP contribution >= 0.6 is 11.6 Å². The van der Waals surface area contributed by atoms with Crippen molar-refractivity contribution in [2.45, 2.75) is 25.1 Å². The van der Waals surface area contributed by atoms with E-state index in [-0.39, 0.29) is 16.8 Å². The fourth-order valence-electron chi connectivity index (χ4n) is 2.94. The summed E-state index contributed by atoms with van der Waals surface area (Å²) in [7, 11) is 0. The molecule has 3 rings (SSSR count). The molecule has 0 saturated heterocycles. The number of halogens is 6. The molecule has 4 nitrogen and oxygen atoms in total. The number of hydrogen-bond donors (Lipinski definition) is 1. The maximum atomic E-state index is 14.0. The molecule has 10 heteroatoms. The maximum absolute atomic E-state index is 14.0. The smallest absolute Gasteiger partial charge is 0.435 e. The number of oxime groups is 1. The van der Waals surface area contributed by atoms with Crippen LogP contribution in [0.3, 0.4) is 0 Å². The Hall–Kier alpha value is -2.32. The summed E-state index contributed by atoms with van der Waals surface area (Å²) in [5, 5.41) is 11.6. The van der Waals surface area contributed by atoms with E-state index in [2.05, 4.69) is 5.16 Å². The lowest BCUT2D eigenvalue weighted by atomic mass is 9.86. The lowest BCUT2D eigenvalue weighted by molar-refractivity contribution is -0.295. The fraction of sp³-hybridized carbons (Fsp3) is 0.222. The van der Waals surface area contributed by atoms with E-state index in [0.29, 0.717) is 5.56 Å². The zero-order valence-electron chi connectivity index (χ0n) is 14.1. The van der Waals surface area contributed by atoms with Crippen LogP contribution in [-0.2, 0) is 10.4 Å². The third-order valence-corrected chi connectivity index (χ3v) is 5.01. The molecule has 28 heavy (non-hydrogen) atoms. The topological polar surface area (TPSA) is 58.9 Å². The van der Waals surface area contributed by atoms with Gasteiger partial charge in [0.05, 0.1) is 16.3 Å². The van der Waals surface area contributed by atoms with Gasteiger partial charge in [-0.3, -0.25) is 0 Å². The molecule has 1 heterocycles. The lowest BCUT2D eigenvalue weighted by Crippen LogP contribution is -2.42. The summed E-state index contributed by atoms with van der Waals surface area (Å²) in [6, 6.07) is 5.70. The fourth-order valence-corrected chi connectivity index (χ4v) is 3.45. The number of aromatic carboxylic acids is 1. The molecule has 0 radical (unpaired) electrons. The van der Waals surface area contributed by atoms with Crippen LogP contribution in [-0.4, -0.2) is 23.0 Å². The molecule has 1 atom stereocenters. The molecule has 0 amide bonds. The Morgan fingerprint density at radius 3 is 2.54 bits per heavy atom. The number of carboxylic acid groups (broad SMARTS) is 1. The van der Waals surface area contributed by atoms with E-state index < -0.39 is 45.6 Å². The molecule has 0 aliphatic carbocycles. The van der Waals surface area contributed by atoms with Crippen molar-refractivity contribution in [1.82, 2.24) is 0 Å². The highest BCUT2D eigenvalue weighted by Crippen LogP contribution is 2.49. The van der Waals surface area contributed by atoms with Gasteiger partial charge in [-0.25, -0.2) is 4.79 Å². The van der Waals surface area contributed by atoms with Gasteiger partial charge in [-0.15, -0.1) is 0 Å². The Morgan fingerprint density at radius 1 is 1.32 bits per heavy atom. The standard InChI is InChI=1S/C18H11Cl2F4NO3/c1-8-4-9(2-3-11(8)16(26)27)14-7-17(28-25-14,18(22,23)24)10-5-12(19)15(21)13(20)6-10/h2-6,19H,7H2,1H3/p+1. The Kier molecular flexibility index (Phi) is 5.05. The van der Waals surface area contributed by atoms with Gasteiger partial charge in [0, 0.05) is 18.1 Å². The molecule has 2 aromatic rings.